The lowest BCUT2D eigenvalue weighted by Gasteiger charge is -2.24. The number of ketones is 1. The third-order valence-corrected chi connectivity index (χ3v) is 4.33. The van der Waals surface area contributed by atoms with Crippen molar-refractivity contribution in [1.82, 2.24) is 4.90 Å². The first-order valence-electron chi connectivity index (χ1n) is 8.14. The Bertz CT molecular complexity index is 948. The van der Waals surface area contributed by atoms with Crippen LogP contribution < -0.4 is 0 Å². The highest BCUT2D eigenvalue weighted by Crippen LogP contribution is 2.39. The number of non-ortho nitro benzene ring substituents is 1. The maximum Gasteiger partial charge on any atom is 0.295 e. The van der Waals surface area contributed by atoms with Gasteiger partial charge in [0, 0.05) is 24.2 Å². The molecule has 1 heterocycles. The Morgan fingerprint density at radius 3 is 2.33 bits per heavy atom. The molecule has 1 aliphatic rings. The van der Waals surface area contributed by atoms with Crippen molar-refractivity contribution in [3.63, 3.8) is 0 Å². The van der Waals surface area contributed by atoms with E-state index in [1.165, 1.54) is 35.2 Å². The number of Topliss-reactive ketones (excluding diaryl/α,β-unsaturated/α-hetero) is 1. The van der Waals surface area contributed by atoms with E-state index in [4.69, 9.17) is 0 Å². The monoisotopic (exact) mass is 364 g/mol. The quantitative estimate of drug-likeness (QED) is 0.219. The summed E-state index contributed by atoms with van der Waals surface area (Å²) < 4.78 is 0. The van der Waals surface area contributed by atoms with Gasteiger partial charge >= 0.3 is 0 Å². The maximum absolute atomic E-state index is 12.6. The average Bonchev–Trinajstić information content (AvgIpc) is 2.93. The van der Waals surface area contributed by atoms with Gasteiger partial charge in [0.1, 0.15) is 5.76 Å². The molecule has 0 aromatic heterocycles. The second kappa shape index (κ2) is 7.25. The standard InChI is InChI=1S/C20H16N2O5/c1-2-12-21-17(13-8-10-15(11-9-13)22(26)27)16(19(24)20(21)25)18(23)14-6-4-3-5-7-14/h2-11,17,23H,1,12H2/b18-16+/t17-/m1/s1. The number of rotatable bonds is 5. The number of nitro benzene ring substituents is 1. The zero-order valence-electron chi connectivity index (χ0n) is 14.2. The number of nitrogens with zero attached hydrogens (tertiary/aromatic N) is 2. The summed E-state index contributed by atoms with van der Waals surface area (Å²) in [7, 11) is 0. The van der Waals surface area contributed by atoms with Crippen molar-refractivity contribution in [2.75, 3.05) is 6.54 Å². The molecule has 1 saturated heterocycles. The molecule has 0 saturated carbocycles. The summed E-state index contributed by atoms with van der Waals surface area (Å²) in [5.74, 6) is -1.85. The van der Waals surface area contributed by atoms with Crippen LogP contribution in [-0.2, 0) is 9.59 Å². The van der Waals surface area contributed by atoms with E-state index in [1.54, 1.807) is 30.3 Å². The highest BCUT2D eigenvalue weighted by Gasteiger charge is 2.45. The van der Waals surface area contributed by atoms with E-state index in [-0.39, 0.29) is 23.6 Å². The van der Waals surface area contributed by atoms with Gasteiger partial charge in [-0.2, -0.15) is 0 Å². The molecular weight excluding hydrogens is 348 g/mol. The second-order valence-electron chi connectivity index (χ2n) is 5.95. The van der Waals surface area contributed by atoms with E-state index in [2.05, 4.69) is 6.58 Å². The van der Waals surface area contributed by atoms with Gasteiger partial charge in [-0.1, -0.05) is 36.4 Å². The van der Waals surface area contributed by atoms with E-state index in [9.17, 15) is 24.8 Å². The van der Waals surface area contributed by atoms with E-state index >= 15 is 0 Å². The molecule has 2 aromatic rings. The van der Waals surface area contributed by atoms with Crippen LogP contribution in [0.5, 0.6) is 0 Å². The first-order valence-corrected chi connectivity index (χ1v) is 8.14. The molecule has 0 bridgehead atoms. The van der Waals surface area contributed by atoms with Crippen molar-refractivity contribution < 1.29 is 19.6 Å². The molecule has 27 heavy (non-hydrogen) atoms. The first kappa shape index (κ1) is 18.1. The van der Waals surface area contributed by atoms with Gasteiger partial charge < -0.3 is 10.0 Å². The van der Waals surface area contributed by atoms with Crippen molar-refractivity contribution in [3.05, 3.63) is 94.1 Å². The fourth-order valence-electron chi connectivity index (χ4n) is 3.08. The summed E-state index contributed by atoms with van der Waals surface area (Å²) in [5, 5.41) is 21.6. The van der Waals surface area contributed by atoms with Gasteiger partial charge in [-0.15, -0.1) is 6.58 Å². The van der Waals surface area contributed by atoms with E-state index in [0.29, 0.717) is 11.1 Å². The van der Waals surface area contributed by atoms with Gasteiger partial charge in [0.25, 0.3) is 17.4 Å². The van der Waals surface area contributed by atoms with Crippen LogP contribution in [0.15, 0.2) is 72.8 Å². The summed E-state index contributed by atoms with van der Waals surface area (Å²) >= 11 is 0. The Hall–Kier alpha value is -3.74. The lowest BCUT2D eigenvalue weighted by molar-refractivity contribution is -0.384. The summed E-state index contributed by atoms with van der Waals surface area (Å²) in [6.07, 6.45) is 1.48. The zero-order valence-corrected chi connectivity index (χ0v) is 14.2. The Morgan fingerprint density at radius 1 is 1.15 bits per heavy atom. The van der Waals surface area contributed by atoms with Crippen LogP contribution in [0.4, 0.5) is 5.69 Å². The van der Waals surface area contributed by atoms with Crippen molar-refractivity contribution in [2.45, 2.75) is 6.04 Å². The number of aliphatic hydroxyl groups excluding tert-OH is 1. The van der Waals surface area contributed by atoms with Gasteiger partial charge in [-0.25, -0.2) is 0 Å². The Balaban J connectivity index is 2.17. The van der Waals surface area contributed by atoms with Crippen LogP contribution in [0.25, 0.3) is 5.76 Å². The number of likely N-dealkylation sites (tertiary alicyclic amines) is 1. The molecule has 0 spiro atoms. The average molecular weight is 364 g/mol. The third-order valence-electron chi connectivity index (χ3n) is 4.33. The number of carbonyl (C=O) groups excluding carboxylic acids is 2. The normalized spacial score (nSPS) is 18.5. The third kappa shape index (κ3) is 3.22. The van der Waals surface area contributed by atoms with E-state index < -0.39 is 22.7 Å². The van der Waals surface area contributed by atoms with Gasteiger partial charge in [0.15, 0.2) is 0 Å². The van der Waals surface area contributed by atoms with Crippen molar-refractivity contribution in [3.8, 4) is 0 Å². The highest BCUT2D eigenvalue weighted by atomic mass is 16.6. The van der Waals surface area contributed by atoms with Gasteiger partial charge in [-0.05, 0) is 17.7 Å². The fraction of sp³-hybridized carbons (Fsp3) is 0.100. The zero-order chi connectivity index (χ0) is 19.6. The molecule has 1 N–H and O–H groups in total. The predicted molar refractivity (Wildman–Crippen MR) is 98.7 cm³/mol. The minimum absolute atomic E-state index is 0.0538. The second-order valence-corrected chi connectivity index (χ2v) is 5.95. The number of carbonyl (C=O) groups is 2. The van der Waals surface area contributed by atoms with E-state index in [0.717, 1.165) is 0 Å². The largest absolute Gasteiger partial charge is 0.507 e. The molecule has 3 rings (SSSR count). The smallest absolute Gasteiger partial charge is 0.295 e. The van der Waals surface area contributed by atoms with E-state index in [1.807, 2.05) is 0 Å². The minimum atomic E-state index is -0.857. The molecule has 7 nitrogen and oxygen atoms in total. The van der Waals surface area contributed by atoms with Crippen molar-refractivity contribution in [2.24, 2.45) is 0 Å². The molecule has 2 aromatic carbocycles. The Labute approximate surface area is 155 Å². The van der Waals surface area contributed by atoms with Crippen LogP contribution in [0.3, 0.4) is 0 Å². The summed E-state index contributed by atoms with van der Waals surface area (Å²) in [6.45, 7) is 3.70. The fourth-order valence-corrected chi connectivity index (χ4v) is 3.08. The maximum atomic E-state index is 12.6. The van der Waals surface area contributed by atoms with Crippen LogP contribution in [0.2, 0.25) is 0 Å². The Kier molecular flexibility index (Phi) is 4.85. The molecule has 1 aliphatic heterocycles. The van der Waals surface area contributed by atoms with Crippen LogP contribution in [0, 0.1) is 10.1 Å². The minimum Gasteiger partial charge on any atom is -0.507 e. The summed E-state index contributed by atoms with van der Waals surface area (Å²) in [6, 6.07) is 13.1. The predicted octanol–water partition coefficient (Wildman–Crippen LogP) is 3.20. The molecule has 0 radical (unpaired) electrons. The number of amides is 1. The van der Waals surface area contributed by atoms with Gasteiger partial charge in [0.05, 0.1) is 16.5 Å². The SMILES string of the molecule is C=CCN1C(=O)C(=O)/C(=C(/O)c2ccccc2)[C@H]1c1ccc([N+](=O)[O-])cc1. The number of benzene rings is 2. The molecule has 1 amide bonds. The molecule has 136 valence electrons. The topological polar surface area (TPSA) is 101 Å². The van der Waals surface area contributed by atoms with Gasteiger partial charge in [0.2, 0.25) is 0 Å². The summed E-state index contributed by atoms with van der Waals surface area (Å²) in [4.78, 5) is 36.7. The number of aliphatic hydroxyl groups is 1. The van der Waals surface area contributed by atoms with Crippen LogP contribution in [-0.4, -0.2) is 33.2 Å². The number of nitro groups is 1. The summed E-state index contributed by atoms with van der Waals surface area (Å²) in [5.41, 5.74) is 0.726. The van der Waals surface area contributed by atoms with Crippen molar-refractivity contribution in [1.29, 1.82) is 0 Å². The molecule has 1 atom stereocenters. The first-order chi connectivity index (χ1) is 13.0. The van der Waals surface area contributed by atoms with Gasteiger partial charge in [-0.3, -0.25) is 19.7 Å². The molecule has 0 unspecified atom stereocenters. The lowest BCUT2D eigenvalue weighted by Crippen LogP contribution is -2.29. The van der Waals surface area contributed by atoms with Crippen molar-refractivity contribution >= 4 is 23.1 Å². The highest BCUT2D eigenvalue weighted by molar-refractivity contribution is 6.46. The van der Waals surface area contributed by atoms with Crippen LogP contribution >= 0.6 is 0 Å². The Morgan fingerprint density at radius 2 is 1.78 bits per heavy atom. The molecule has 7 heteroatoms. The van der Waals surface area contributed by atoms with Crippen LogP contribution in [0.1, 0.15) is 17.2 Å². The lowest BCUT2D eigenvalue weighted by atomic mass is 9.95. The molecular formula is C20H16N2O5. The molecule has 1 fully saturated rings. The number of hydrogen-bond donors (Lipinski definition) is 1. The molecule has 0 aliphatic carbocycles. The number of hydrogen-bond acceptors (Lipinski definition) is 5.